The van der Waals surface area contributed by atoms with E-state index in [1.165, 1.54) is 0 Å². The fraction of sp³-hybridized carbons (Fsp3) is 0.182. The molecule has 0 aliphatic heterocycles. The Morgan fingerprint density at radius 3 is 1.75 bits per heavy atom. The first kappa shape index (κ1) is 20.0. The summed E-state index contributed by atoms with van der Waals surface area (Å²) < 4.78 is 80.3. The van der Waals surface area contributed by atoms with Crippen molar-refractivity contribution in [2.24, 2.45) is 0 Å². The maximum absolute atomic E-state index is 12.2. The Balaban J connectivity index is 3.18. The predicted molar refractivity (Wildman–Crippen MR) is 70.4 cm³/mol. The van der Waals surface area contributed by atoms with Gasteiger partial charge in [-0.25, -0.2) is 0 Å². The number of hydrogen-bond donors (Lipinski definition) is 1. The van der Waals surface area contributed by atoms with E-state index in [2.05, 4.69) is 6.13 Å². The zero-order valence-electron chi connectivity index (χ0n) is 10.9. The van der Waals surface area contributed by atoms with Gasteiger partial charge in [0.2, 0.25) is 0 Å². The number of carbonyl (C=O) groups is 3. The summed E-state index contributed by atoms with van der Waals surface area (Å²) >= 11 is -4.59. The molecule has 0 amide bonds. The van der Waals surface area contributed by atoms with Gasteiger partial charge in [0, 0.05) is 0 Å². The van der Waals surface area contributed by atoms with Gasteiger partial charge in [-0.1, -0.05) is 0 Å². The molecule has 13 heteroatoms. The Morgan fingerprint density at radius 2 is 1.38 bits per heavy atom. The molecule has 0 spiro atoms. The number of rotatable bonds is 4. The first-order valence-electron chi connectivity index (χ1n) is 5.45. The molecule has 1 aromatic carbocycles. The van der Waals surface area contributed by atoms with E-state index >= 15 is 0 Å². The van der Waals surface area contributed by atoms with Crippen LogP contribution in [-0.4, -0.2) is 35.4 Å². The Kier molecular flexibility index (Phi) is 6.02. The first-order valence-corrected chi connectivity index (χ1v) is 8.29. The molecule has 134 valence electrons. The van der Waals surface area contributed by atoms with E-state index in [0.717, 1.165) is 18.2 Å². The van der Waals surface area contributed by atoms with Gasteiger partial charge < -0.3 is 0 Å². The molecule has 0 bridgehead atoms. The van der Waals surface area contributed by atoms with Gasteiger partial charge in [-0.15, -0.1) is 0 Å². The van der Waals surface area contributed by atoms with Crippen molar-refractivity contribution in [2.75, 3.05) is 0 Å². The van der Waals surface area contributed by atoms with Gasteiger partial charge >= 0.3 is 136 Å². The van der Waals surface area contributed by atoms with Gasteiger partial charge in [0.25, 0.3) is 0 Å². The molecule has 24 heavy (non-hydrogen) atoms. The maximum atomic E-state index is 12.2. The van der Waals surface area contributed by atoms with Gasteiger partial charge in [0.1, 0.15) is 0 Å². The van der Waals surface area contributed by atoms with Crippen molar-refractivity contribution in [3.8, 4) is 0 Å². The molecule has 0 aliphatic carbocycles. The Morgan fingerprint density at radius 1 is 0.917 bits per heavy atom. The van der Waals surface area contributed by atoms with E-state index in [4.69, 9.17) is 5.11 Å². The van der Waals surface area contributed by atoms with Crippen molar-refractivity contribution in [3.63, 3.8) is 0 Å². The molecule has 0 atom stereocenters. The summed E-state index contributed by atoms with van der Waals surface area (Å²) in [6, 6.07) is 3.49. The molecule has 6 nitrogen and oxygen atoms in total. The molecule has 1 aromatic rings. The number of alkyl halides is 6. The average molecular weight is 474 g/mol. The standard InChI is InChI=1S/C11H5F6IO6/c12-10(13,14)8(21)23-18(24-9(22)11(15,16)17)6-3-1-2-5(4-6)7(19)20/h1-4H,(H,19,20). The third-order valence-electron chi connectivity index (χ3n) is 1.99. The fourth-order valence-electron chi connectivity index (χ4n) is 1.04. The second kappa shape index (κ2) is 7.23. The van der Waals surface area contributed by atoms with Crippen LogP contribution in [0.25, 0.3) is 0 Å². The van der Waals surface area contributed by atoms with Crippen LogP contribution < -0.4 is 0 Å². The molecule has 0 saturated heterocycles. The van der Waals surface area contributed by atoms with Crippen molar-refractivity contribution < 1.29 is 52.0 Å². The number of aromatic carboxylic acids is 1. The van der Waals surface area contributed by atoms with Crippen LogP contribution >= 0.6 is 20.6 Å². The third kappa shape index (κ3) is 5.54. The molecular weight excluding hydrogens is 469 g/mol. The molecular formula is C11H5F6IO6. The summed E-state index contributed by atoms with van der Waals surface area (Å²) in [5.74, 6) is -7.26. The van der Waals surface area contributed by atoms with Crippen LogP contribution in [0.15, 0.2) is 24.3 Å². The van der Waals surface area contributed by atoms with Crippen molar-refractivity contribution in [3.05, 3.63) is 33.4 Å². The van der Waals surface area contributed by atoms with Crippen LogP contribution in [0.4, 0.5) is 26.3 Å². The monoisotopic (exact) mass is 474 g/mol. The SMILES string of the molecule is O=C(O)c1cccc(I(OC(=O)C(F)(F)F)OC(=O)C(F)(F)F)c1. The summed E-state index contributed by atoms with van der Waals surface area (Å²) in [6.07, 6.45) is -11.1. The molecule has 1 N–H and O–H groups in total. The normalized spacial score (nSPS) is 12.3. The summed E-state index contributed by atoms with van der Waals surface area (Å²) in [5, 5.41) is 8.76. The van der Waals surface area contributed by atoms with Crippen LogP contribution in [0.5, 0.6) is 0 Å². The quantitative estimate of drug-likeness (QED) is 0.533. The summed E-state index contributed by atoms with van der Waals surface area (Å²) in [6.45, 7) is 0. The van der Waals surface area contributed by atoms with Crippen molar-refractivity contribution in [2.45, 2.75) is 12.4 Å². The second-order valence-electron chi connectivity index (χ2n) is 3.76. The molecule has 0 heterocycles. The number of carbonyl (C=O) groups excluding carboxylic acids is 2. The van der Waals surface area contributed by atoms with Gasteiger partial charge in [-0.2, -0.15) is 0 Å². The Hall–Kier alpha value is -2.06. The number of carboxylic acids is 1. The van der Waals surface area contributed by atoms with E-state index in [1.807, 2.05) is 0 Å². The van der Waals surface area contributed by atoms with Crippen molar-refractivity contribution in [1.82, 2.24) is 0 Å². The van der Waals surface area contributed by atoms with E-state index in [1.54, 1.807) is 0 Å². The molecule has 1 rings (SSSR count). The minimum atomic E-state index is -5.54. The zero-order valence-corrected chi connectivity index (χ0v) is 13.1. The fourth-order valence-corrected chi connectivity index (χ4v) is 3.95. The number of benzene rings is 1. The van der Waals surface area contributed by atoms with Gasteiger partial charge in [-0.3, -0.25) is 0 Å². The van der Waals surface area contributed by atoms with Gasteiger partial charge in [0.05, 0.1) is 0 Å². The molecule has 0 unspecified atom stereocenters. The van der Waals surface area contributed by atoms with E-state index < -0.39 is 60.0 Å². The van der Waals surface area contributed by atoms with Crippen LogP contribution in [-0.2, 0) is 15.7 Å². The third-order valence-corrected chi connectivity index (χ3v) is 5.28. The zero-order chi connectivity index (χ0) is 18.7. The minimum absolute atomic E-state index is 0.513. The van der Waals surface area contributed by atoms with E-state index in [9.17, 15) is 40.7 Å². The van der Waals surface area contributed by atoms with Crippen molar-refractivity contribution >= 4 is 38.6 Å². The molecule has 0 aromatic heterocycles. The van der Waals surface area contributed by atoms with Crippen molar-refractivity contribution in [1.29, 1.82) is 0 Å². The molecule has 0 aliphatic rings. The predicted octanol–water partition coefficient (Wildman–Crippen LogP) is 3.10. The molecule has 0 saturated carbocycles. The Bertz CT molecular complexity index is 627. The number of hydrogen-bond acceptors (Lipinski definition) is 5. The van der Waals surface area contributed by atoms with Crippen LogP contribution in [0.1, 0.15) is 10.4 Å². The first-order chi connectivity index (χ1) is 10.8. The van der Waals surface area contributed by atoms with E-state index in [0.29, 0.717) is 6.07 Å². The van der Waals surface area contributed by atoms with Crippen LogP contribution in [0.2, 0.25) is 0 Å². The average Bonchev–Trinajstić information content (AvgIpc) is 2.44. The number of halogens is 7. The van der Waals surface area contributed by atoms with Crippen LogP contribution in [0, 0.1) is 3.57 Å². The molecule has 0 radical (unpaired) electrons. The number of carboxylic acid groups (broad SMARTS) is 1. The second-order valence-corrected chi connectivity index (χ2v) is 7.12. The molecule has 0 fully saturated rings. The topological polar surface area (TPSA) is 89.9 Å². The summed E-state index contributed by atoms with van der Waals surface area (Å²) in [4.78, 5) is 32.4. The van der Waals surface area contributed by atoms with E-state index in [-0.39, 0.29) is 0 Å². The Labute approximate surface area is 136 Å². The van der Waals surface area contributed by atoms with Gasteiger partial charge in [-0.05, 0) is 0 Å². The van der Waals surface area contributed by atoms with Crippen LogP contribution in [0.3, 0.4) is 0 Å². The summed E-state index contributed by atoms with van der Waals surface area (Å²) in [5.41, 5.74) is -0.513. The van der Waals surface area contributed by atoms with Gasteiger partial charge in [0.15, 0.2) is 0 Å². The summed E-state index contributed by atoms with van der Waals surface area (Å²) in [7, 11) is 0.